The standard InChI is InChI=1S/C15H18ClIN4O2/c1-15(2,3)14(22)23-10-4-8(5-18-10)21-6-9(17)11-12(16)19-7-20-13(11)21/h6-8,10,18H,4-5H2,1-3H3/t8-,10?/m1/s1. The Morgan fingerprint density at radius 1 is 1.48 bits per heavy atom. The Balaban J connectivity index is 1.80. The van der Waals surface area contributed by atoms with E-state index in [9.17, 15) is 4.79 Å². The molecule has 2 aromatic rings. The molecular formula is C15H18ClIN4O2. The number of carbonyl (C=O) groups excluding carboxylic acids is 1. The predicted octanol–water partition coefficient (Wildman–Crippen LogP) is 3.14. The molecule has 6 nitrogen and oxygen atoms in total. The Bertz CT molecular complexity index is 756. The molecule has 0 amide bonds. The lowest BCUT2D eigenvalue weighted by Crippen LogP contribution is -2.33. The molecule has 8 heteroatoms. The van der Waals surface area contributed by atoms with E-state index in [0.717, 1.165) is 14.6 Å². The Kier molecular flexibility index (Phi) is 4.54. The zero-order chi connectivity index (χ0) is 16.8. The zero-order valence-electron chi connectivity index (χ0n) is 13.1. The van der Waals surface area contributed by atoms with E-state index in [1.165, 1.54) is 6.33 Å². The summed E-state index contributed by atoms with van der Waals surface area (Å²) >= 11 is 8.41. The highest BCUT2D eigenvalue weighted by atomic mass is 127. The molecule has 1 aliphatic heterocycles. The Labute approximate surface area is 153 Å². The first-order valence-corrected chi connectivity index (χ1v) is 8.84. The van der Waals surface area contributed by atoms with Gasteiger partial charge in [-0.3, -0.25) is 10.1 Å². The number of aromatic nitrogens is 3. The fraction of sp³-hybridized carbons (Fsp3) is 0.533. The van der Waals surface area contributed by atoms with Crippen LogP contribution in [0.4, 0.5) is 0 Å². The number of halogens is 2. The van der Waals surface area contributed by atoms with Crippen molar-refractivity contribution in [2.24, 2.45) is 5.41 Å². The molecule has 1 fully saturated rings. The van der Waals surface area contributed by atoms with Crippen LogP contribution in [0.15, 0.2) is 12.5 Å². The molecule has 124 valence electrons. The third-order valence-electron chi connectivity index (χ3n) is 3.84. The van der Waals surface area contributed by atoms with Gasteiger partial charge in [0, 0.05) is 22.7 Å². The number of nitrogens with zero attached hydrogens (tertiary/aromatic N) is 3. The zero-order valence-corrected chi connectivity index (χ0v) is 16.1. The molecule has 1 N–H and O–H groups in total. The van der Waals surface area contributed by atoms with Crippen LogP contribution in [-0.2, 0) is 9.53 Å². The van der Waals surface area contributed by atoms with Crippen LogP contribution in [0.1, 0.15) is 33.2 Å². The van der Waals surface area contributed by atoms with Gasteiger partial charge in [0.05, 0.1) is 16.8 Å². The van der Waals surface area contributed by atoms with Crippen molar-refractivity contribution in [2.45, 2.75) is 39.5 Å². The second-order valence-electron chi connectivity index (χ2n) is 6.69. The number of carbonyl (C=O) groups is 1. The molecule has 0 saturated carbocycles. The monoisotopic (exact) mass is 448 g/mol. The second kappa shape index (κ2) is 6.18. The van der Waals surface area contributed by atoms with Crippen LogP contribution in [0, 0.1) is 8.99 Å². The fourth-order valence-electron chi connectivity index (χ4n) is 2.57. The summed E-state index contributed by atoms with van der Waals surface area (Å²) in [5, 5.41) is 4.58. The van der Waals surface area contributed by atoms with Gasteiger partial charge in [-0.15, -0.1) is 0 Å². The number of fused-ring (bicyclic) bond motifs is 1. The Morgan fingerprint density at radius 3 is 2.91 bits per heavy atom. The lowest BCUT2D eigenvalue weighted by molar-refractivity contribution is -0.159. The van der Waals surface area contributed by atoms with Crippen molar-refractivity contribution < 1.29 is 9.53 Å². The second-order valence-corrected chi connectivity index (χ2v) is 8.21. The number of rotatable bonds is 2. The molecule has 1 unspecified atom stereocenters. The molecule has 1 aliphatic rings. The van der Waals surface area contributed by atoms with E-state index in [0.29, 0.717) is 18.1 Å². The molecule has 0 aromatic carbocycles. The summed E-state index contributed by atoms with van der Waals surface area (Å²) in [6.45, 7) is 6.26. The average Bonchev–Trinajstić information content (AvgIpc) is 3.03. The summed E-state index contributed by atoms with van der Waals surface area (Å²) in [4.78, 5) is 20.4. The van der Waals surface area contributed by atoms with E-state index < -0.39 is 5.41 Å². The van der Waals surface area contributed by atoms with E-state index in [1.807, 2.05) is 27.0 Å². The SMILES string of the molecule is CC(C)(C)C(=O)OC1C[C@@H](n2cc(I)c3c(Cl)ncnc32)CN1. The molecule has 2 aromatic heterocycles. The van der Waals surface area contributed by atoms with Crippen LogP contribution in [0.5, 0.6) is 0 Å². The number of hydrogen-bond acceptors (Lipinski definition) is 5. The Hall–Kier alpha value is -0.930. The van der Waals surface area contributed by atoms with Gasteiger partial charge >= 0.3 is 5.97 Å². The molecule has 3 rings (SSSR count). The first-order chi connectivity index (χ1) is 10.8. The third kappa shape index (κ3) is 3.32. The first-order valence-electron chi connectivity index (χ1n) is 7.38. The van der Waals surface area contributed by atoms with E-state index in [1.54, 1.807) is 0 Å². The molecular weight excluding hydrogens is 431 g/mol. The molecule has 23 heavy (non-hydrogen) atoms. The van der Waals surface area contributed by atoms with Gasteiger partial charge in [-0.2, -0.15) is 0 Å². The minimum Gasteiger partial charge on any atom is -0.446 e. The topological polar surface area (TPSA) is 69.0 Å². The molecule has 0 spiro atoms. The van der Waals surface area contributed by atoms with Gasteiger partial charge in [-0.05, 0) is 43.4 Å². The number of nitrogens with one attached hydrogen (secondary N) is 1. The van der Waals surface area contributed by atoms with Gasteiger partial charge in [0.15, 0.2) is 6.23 Å². The van der Waals surface area contributed by atoms with Crippen molar-refractivity contribution in [3.8, 4) is 0 Å². The van der Waals surface area contributed by atoms with Crippen LogP contribution >= 0.6 is 34.2 Å². The first kappa shape index (κ1) is 16.9. The highest BCUT2D eigenvalue weighted by Crippen LogP contribution is 2.32. The molecule has 1 saturated heterocycles. The lowest BCUT2D eigenvalue weighted by atomic mass is 9.97. The fourth-order valence-corrected chi connectivity index (χ4v) is 3.76. The minimum absolute atomic E-state index is 0.157. The summed E-state index contributed by atoms with van der Waals surface area (Å²) in [7, 11) is 0. The smallest absolute Gasteiger partial charge is 0.312 e. The highest BCUT2D eigenvalue weighted by molar-refractivity contribution is 14.1. The molecule has 0 aliphatic carbocycles. The van der Waals surface area contributed by atoms with Crippen LogP contribution < -0.4 is 5.32 Å². The highest BCUT2D eigenvalue weighted by Gasteiger charge is 2.33. The third-order valence-corrected chi connectivity index (χ3v) is 4.94. The van der Waals surface area contributed by atoms with Crippen LogP contribution in [0.2, 0.25) is 5.15 Å². The van der Waals surface area contributed by atoms with Crippen LogP contribution in [0.3, 0.4) is 0 Å². The normalized spacial score (nSPS) is 21.8. The maximum atomic E-state index is 12.0. The van der Waals surface area contributed by atoms with Gasteiger partial charge in [0.1, 0.15) is 17.1 Å². The van der Waals surface area contributed by atoms with Gasteiger partial charge in [0.2, 0.25) is 0 Å². The maximum absolute atomic E-state index is 12.0. The average molecular weight is 449 g/mol. The summed E-state index contributed by atoms with van der Waals surface area (Å²) in [6, 6.07) is 0.157. The summed E-state index contributed by atoms with van der Waals surface area (Å²) < 4.78 is 8.64. The molecule has 2 atom stereocenters. The van der Waals surface area contributed by atoms with Crippen molar-refractivity contribution in [3.63, 3.8) is 0 Å². The number of hydrogen-bond donors (Lipinski definition) is 1. The van der Waals surface area contributed by atoms with Gasteiger partial charge in [-0.1, -0.05) is 11.6 Å². The van der Waals surface area contributed by atoms with E-state index in [4.69, 9.17) is 16.3 Å². The van der Waals surface area contributed by atoms with Gasteiger partial charge in [-0.25, -0.2) is 9.97 Å². The number of esters is 1. The number of ether oxygens (including phenoxy) is 1. The maximum Gasteiger partial charge on any atom is 0.312 e. The summed E-state index contributed by atoms with van der Waals surface area (Å²) in [6.07, 6.45) is 3.91. The van der Waals surface area contributed by atoms with Crippen molar-refractivity contribution in [3.05, 3.63) is 21.2 Å². The summed E-state index contributed by atoms with van der Waals surface area (Å²) in [5.41, 5.74) is 0.305. The van der Waals surface area contributed by atoms with Gasteiger partial charge in [0.25, 0.3) is 0 Å². The molecule has 0 bridgehead atoms. The van der Waals surface area contributed by atoms with Crippen molar-refractivity contribution in [2.75, 3.05) is 6.54 Å². The van der Waals surface area contributed by atoms with Crippen molar-refractivity contribution in [1.82, 2.24) is 19.9 Å². The molecule has 3 heterocycles. The quantitative estimate of drug-likeness (QED) is 0.434. The van der Waals surface area contributed by atoms with E-state index in [2.05, 4.69) is 42.4 Å². The van der Waals surface area contributed by atoms with Crippen molar-refractivity contribution >= 4 is 51.2 Å². The van der Waals surface area contributed by atoms with E-state index in [-0.39, 0.29) is 18.2 Å². The summed E-state index contributed by atoms with van der Waals surface area (Å²) in [5.74, 6) is -0.201. The predicted molar refractivity (Wildman–Crippen MR) is 96.2 cm³/mol. The van der Waals surface area contributed by atoms with Crippen LogP contribution in [0.25, 0.3) is 11.0 Å². The van der Waals surface area contributed by atoms with Gasteiger partial charge < -0.3 is 9.30 Å². The Morgan fingerprint density at radius 2 is 2.22 bits per heavy atom. The van der Waals surface area contributed by atoms with Crippen molar-refractivity contribution in [1.29, 1.82) is 0 Å². The van der Waals surface area contributed by atoms with Crippen LogP contribution in [-0.4, -0.2) is 33.3 Å². The van der Waals surface area contributed by atoms with E-state index >= 15 is 0 Å². The minimum atomic E-state index is -0.504. The molecule has 0 radical (unpaired) electrons. The largest absolute Gasteiger partial charge is 0.446 e. The lowest BCUT2D eigenvalue weighted by Gasteiger charge is -2.20.